The molecule has 0 aromatic rings. The van der Waals surface area contributed by atoms with E-state index >= 15 is 0 Å². The zero-order chi connectivity index (χ0) is 10.3. The standard InChI is InChI=1S/C3H7O4P.C3H4O2/c4-8(5)6-2-1-3-7-8;1-2-3(4)5/h1-3H2,(H,4,5);2H,1H2,(H,4,5). The van der Waals surface area contributed by atoms with E-state index in [9.17, 15) is 9.36 Å². The highest BCUT2D eigenvalue weighted by Crippen LogP contribution is 2.45. The quantitative estimate of drug-likeness (QED) is 0.490. The van der Waals surface area contributed by atoms with Crippen LogP contribution in [0.5, 0.6) is 0 Å². The van der Waals surface area contributed by atoms with Gasteiger partial charge in [-0.05, 0) is 6.42 Å². The first-order valence-corrected chi connectivity index (χ1v) is 4.95. The van der Waals surface area contributed by atoms with Crippen LogP contribution in [0, 0.1) is 0 Å². The Balaban J connectivity index is 0.000000252. The van der Waals surface area contributed by atoms with Crippen LogP contribution in [0.3, 0.4) is 0 Å². The molecule has 1 fully saturated rings. The van der Waals surface area contributed by atoms with Crippen LogP contribution in [0.15, 0.2) is 12.7 Å². The lowest BCUT2D eigenvalue weighted by Crippen LogP contribution is -2.06. The van der Waals surface area contributed by atoms with Gasteiger partial charge in [-0.2, -0.15) is 0 Å². The van der Waals surface area contributed by atoms with Gasteiger partial charge in [0.05, 0.1) is 13.2 Å². The Morgan fingerprint density at radius 2 is 1.85 bits per heavy atom. The number of hydrogen-bond acceptors (Lipinski definition) is 4. The third-order valence-corrected chi connectivity index (χ3v) is 1.99. The first-order valence-electron chi connectivity index (χ1n) is 3.45. The molecule has 0 spiro atoms. The molecule has 0 aliphatic carbocycles. The molecule has 13 heavy (non-hydrogen) atoms. The normalized spacial score (nSPS) is 19.5. The molecule has 1 heterocycles. The number of aliphatic carboxylic acids is 1. The lowest BCUT2D eigenvalue weighted by atomic mass is 10.5. The molecule has 1 saturated heterocycles. The molecule has 2 N–H and O–H groups in total. The lowest BCUT2D eigenvalue weighted by molar-refractivity contribution is -0.131. The van der Waals surface area contributed by atoms with Gasteiger partial charge in [-0.25, -0.2) is 9.36 Å². The Morgan fingerprint density at radius 1 is 1.46 bits per heavy atom. The summed E-state index contributed by atoms with van der Waals surface area (Å²) in [5.74, 6) is -0.981. The largest absolute Gasteiger partial charge is 0.478 e. The fraction of sp³-hybridized carbons (Fsp3) is 0.500. The van der Waals surface area contributed by atoms with Crippen molar-refractivity contribution in [3.05, 3.63) is 12.7 Å². The van der Waals surface area contributed by atoms with E-state index in [1.165, 1.54) is 0 Å². The van der Waals surface area contributed by atoms with Crippen LogP contribution in [-0.4, -0.2) is 29.2 Å². The molecule has 0 saturated carbocycles. The number of hydrogen-bond donors (Lipinski definition) is 2. The van der Waals surface area contributed by atoms with Crippen LogP contribution >= 0.6 is 7.82 Å². The predicted octanol–water partition coefficient (Wildman–Crippen LogP) is 0.781. The fourth-order valence-corrected chi connectivity index (χ4v) is 1.25. The Kier molecular flexibility index (Phi) is 5.57. The summed E-state index contributed by atoms with van der Waals surface area (Å²) in [6.07, 6.45) is 1.53. The van der Waals surface area contributed by atoms with Crippen molar-refractivity contribution >= 4 is 13.8 Å². The minimum Gasteiger partial charge on any atom is -0.478 e. The molecule has 0 radical (unpaired) electrons. The van der Waals surface area contributed by atoms with Gasteiger partial charge in [0.15, 0.2) is 0 Å². The monoisotopic (exact) mass is 210 g/mol. The highest BCUT2D eigenvalue weighted by molar-refractivity contribution is 7.47. The first-order chi connectivity index (χ1) is 5.98. The molecule has 0 aromatic heterocycles. The molecule has 0 unspecified atom stereocenters. The summed E-state index contributed by atoms with van der Waals surface area (Å²) in [7, 11) is -3.59. The summed E-state index contributed by atoms with van der Waals surface area (Å²) in [6.45, 7) is 3.61. The van der Waals surface area contributed by atoms with E-state index in [2.05, 4.69) is 15.6 Å². The van der Waals surface area contributed by atoms with Crippen molar-refractivity contribution in [2.45, 2.75) is 6.42 Å². The van der Waals surface area contributed by atoms with Crippen molar-refractivity contribution in [3.8, 4) is 0 Å². The summed E-state index contributed by atoms with van der Waals surface area (Å²) in [5, 5.41) is 7.60. The molecular formula is C6H11O6P. The van der Waals surface area contributed by atoms with E-state index in [0.29, 0.717) is 19.6 Å². The van der Waals surface area contributed by atoms with E-state index < -0.39 is 13.8 Å². The second-order valence-corrected chi connectivity index (χ2v) is 3.48. The van der Waals surface area contributed by atoms with Gasteiger partial charge in [0, 0.05) is 6.08 Å². The minimum absolute atomic E-state index is 0.327. The van der Waals surface area contributed by atoms with E-state index in [1.807, 2.05) is 0 Å². The Labute approximate surface area is 75.4 Å². The maximum Gasteiger partial charge on any atom is 0.472 e. The number of carbonyl (C=O) groups is 1. The summed E-state index contributed by atoms with van der Waals surface area (Å²) < 4.78 is 19.1. The van der Waals surface area contributed by atoms with Gasteiger partial charge in [0.2, 0.25) is 0 Å². The molecule has 7 heteroatoms. The topological polar surface area (TPSA) is 93.1 Å². The van der Waals surface area contributed by atoms with Crippen LogP contribution in [0.25, 0.3) is 0 Å². The smallest absolute Gasteiger partial charge is 0.472 e. The first kappa shape index (κ1) is 12.3. The van der Waals surface area contributed by atoms with Crippen molar-refractivity contribution in [2.24, 2.45) is 0 Å². The van der Waals surface area contributed by atoms with Gasteiger partial charge < -0.3 is 10.00 Å². The fourth-order valence-electron chi connectivity index (χ4n) is 0.456. The number of carboxylic acid groups (broad SMARTS) is 1. The summed E-state index contributed by atoms with van der Waals surface area (Å²) in [4.78, 5) is 17.7. The van der Waals surface area contributed by atoms with Crippen molar-refractivity contribution in [1.29, 1.82) is 0 Å². The minimum atomic E-state index is -3.59. The molecule has 0 aromatic carbocycles. The van der Waals surface area contributed by atoms with Crippen LogP contribution < -0.4 is 0 Å². The zero-order valence-electron chi connectivity index (χ0n) is 6.88. The molecule has 0 amide bonds. The Hall–Kier alpha value is -0.680. The van der Waals surface area contributed by atoms with Gasteiger partial charge in [0.1, 0.15) is 0 Å². The number of phosphoric ester groups is 1. The van der Waals surface area contributed by atoms with E-state index in [4.69, 9.17) is 10.00 Å². The highest BCUT2D eigenvalue weighted by Gasteiger charge is 2.23. The van der Waals surface area contributed by atoms with Gasteiger partial charge >= 0.3 is 13.8 Å². The summed E-state index contributed by atoms with van der Waals surface area (Å²) in [6, 6.07) is 0. The van der Waals surface area contributed by atoms with E-state index in [1.54, 1.807) is 0 Å². The molecule has 76 valence electrons. The second-order valence-electron chi connectivity index (χ2n) is 2.03. The maximum atomic E-state index is 10.3. The Bertz CT molecular complexity index is 215. The molecule has 1 aliphatic rings. The van der Waals surface area contributed by atoms with E-state index in [0.717, 1.165) is 6.08 Å². The average Bonchev–Trinajstić information content (AvgIpc) is 2.05. The van der Waals surface area contributed by atoms with Crippen molar-refractivity contribution in [1.82, 2.24) is 0 Å². The third kappa shape index (κ3) is 7.67. The number of carboxylic acids is 1. The van der Waals surface area contributed by atoms with Crippen molar-refractivity contribution < 1.29 is 28.4 Å². The average molecular weight is 210 g/mol. The summed E-state index contributed by atoms with van der Waals surface area (Å²) >= 11 is 0. The molecule has 1 aliphatic heterocycles. The SMILES string of the molecule is C=CC(=O)O.O=P1(O)OCCCO1. The number of rotatable bonds is 1. The number of phosphoric acid groups is 1. The molecule has 0 bridgehead atoms. The maximum absolute atomic E-state index is 10.3. The van der Waals surface area contributed by atoms with Gasteiger partial charge in [-0.15, -0.1) is 0 Å². The van der Waals surface area contributed by atoms with Crippen molar-refractivity contribution in [3.63, 3.8) is 0 Å². The van der Waals surface area contributed by atoms with Gasteiger partial charge in [-0.1, -0.05) is 6.58 Å². The van der Waals surface area contributed by atoms with Crippen LogP contribution in [0.4, 0.5) is 0 Å². The zero-order valence-corrected chi connectivity index (χ0v) is 7.77. The molecule has 0 atom stereocenters. The predicted molar refractivity (Wildman–Crippen MR) is 44.2 cm³/mol. The van der Waals surface area contributed by atoms with Gasteiger partial charge in [-0.3, -0.25) is 9.05 Å². The Morgan fingerprint density at radius 3 is 2.00 bits per heavy atom. The van der Waals surface area contributed by atoms with Gasteiger partial charge in [0.25, 0.3) is 0 Å². The van der Waals surface area contributed by atoms with Crippen LogP contribution in [0.1, 0.15) is 6.42 Å². The van der Waals surface area contributed by atoms with Crippen molar-refractivity contribution in [2.75, 3.05) is 13.2 Å². The highest BCUT2D eigenvalue weighted by atomic mass is 31.2. The molecule has 6 nitrogen and oxygen atoms in total. The molecule has 1 rings (SSSR count). The second kappa shape index (κ2) is 5.88. The summed E-state index contributed by atoms with van der Waals surface area (Å²) in [5.41, 5.74) is 0. The molecular weight excluding hydrogens is 199 g/mol. The van der Waals surface area contributed by atoms with E-state index in [-0.39, 0.29) is 0 Å². The van der Waals surface area contributed by atoms with Crippen LogP contribution in [0.2, 0.25) is 0 Å². The lowest BCUT2D eigenvalue weighted by Gasteiger charge is -2.16. The van der Waals surface area contributed by atoms with Crippen LogP contribution in [-0.2, 0) is 18.4 Å². The third-order valence-electron chi connectivity index (χ3n) is 0.972.